The Balaban J connectivity index is 1.25. The minimum atomic E-state index is -0.198. The van der Waals surface area contributed by atoms with Crippen LogP contribution < -0.4 is 20.4 Å². The smallest absolute Gasteiger partial charge is 0.267 e. The summed E-state index contributed by atoms with van der Waals surface area (Å²) in [6.07, 6.45) is 3.37. The highest BCUT2D eigenvalue weighted by Crippen LogP contribution is 2.25. The number of thiazole rings is 1. The molecule has 1 amide bonds. The maximum atomic E-state index is 12.8. The molecule has 3 aromatic heterocycles. The maximum Gasteiger partial charge on any atom is 0.267 e. The van der Waals surface area contributed by atoms with Gasteiger partial charge in [0.05, 0.1) is 6.20 Å². The van der Waals surface area contributed by atoms with Crippen LogP contribution in [-0.2, 0) is 0 Å². The molecular formula is C25H27N9OS. The minimum absolute atomic E-state index is 0.198. The lowest BCUT2D eigenvalue weighted by molar-refractivity contribution is 0.103. The number of anilines is 5. The Bertz CT molecular complexity index is 1350. The summed E-state index contributed by atoms with van der Waals surface area (Å²) in [5.74, 6) is 2.42. The maximum absolute atomic E-state index is 12.8. The Morgan fingerprint density at radius 3 is 2.36 bits per heavy atom. The van der Waals surface area contributed by atoms with Gasteiger partial charge >= 0.3 is 0 Å². The number of aromatic nitrogens is 5. The summed E-state index contributed by atoms with van der Waals surface area (Å²) in [6, 6.07) is 11.9. The number of nitrogens with one attached hydrogen (secondary N) is 2. The summed E-state index contributed by atoms with van der Waals surface area (Å²) in [5.41, 5.74) is 2.85. The summed E-state index contributed by atoms with van der Waals surface area (Å²) in [7, 11) is 0. The van der Waals surface area contributed by atoms with Crippen LogP contribution in [0.3, 0.4) is 0 Å². The third-order valence-electron chi connectivity index (χ3n) is 5.94. The van der Waals surface area contributed by atoms with Crippen molar-refractivity contribution in [2.45, 2.75) is 20.8 Å². The van der Waals surface area contributed by atoms with Gasteiger partial charge < -0.3 is 15.1 Å². The second kappa shape index (κ2) is 10.2. The molecule has 1 aliphatic heterocycles. The highest BCUT2D eigenvalue weighted by molar-refractivity contribution is 7.17. The Hall–Kier alpha value is -4.12. The molecule has 11 heteroatoms. The van der Waals surface area contributed by atoms with Gasteiger partial charge in [-0.05, 0) is 44.0 Å². The van der Waals surface area contributed by atoms with Gasteiger partial charge in [0.25, 0.3) is 5.91 Å². The lowest BCUT2D eigenvalue weighted by atomic mass is 10.1. The van der Waals surface area contributed by atoms with E-state index in [1.807, 2.05) is 63.4 Å². The number of rotatable bonds is 6. The fourth-order valence-electron chi connectivity index (χ4n) is 4.06. The predicted molar refractivity (Wildman–Crippen MR) is 142 cm³/mol. The van der Waals surface area contributed by atoms with E-state index in [1.54, 1.807) is 6.20 Å². The molecule has 10 nitrogen and oxygen atoms in total. The average molecular weight is 502 g/mol. The lowest BCUT2D eigenvalue weighted by Crippen LogP contribution is -2.47. The van der Waals surface area contributed by atoms with Gasteiger partial charge in [-0.1, -0.05) is 35.6 Å². The highest BCUT2D eigenvalue weighted by Gasteiger charge is 2.21. The van der Waals surface area contributed by atoms with Crippen LogP contribution >= 0.6 is 11.3 Å². The van der Waals surface area contributed by atoms with Crippen molar-refractivity contribution < 1.29 is 4.79 Å². The monoisotopic (exact) mass is 501 g/mol. The van der Waals surface area contributed by atoms with E-state index in [0.717, 1.165) is 48.8 Å². The zero-order chi connectivity index (χ0) is 25.1. The molecule has 1 aliphatic rings. The number of pyridine rings is 1. The first-order chi connectivity index (χ1) is 17.5. The second-order valence-corrected chi connectivity index (χ2v) is 9.57. The van der Waals surface area contributed by atoms with E-state index in [-0.39, 0.29) is 5.91 Å². The van der Waals surface area contributed by atoms with Gasteiger partial charge in [-0.15, -0.1) is 0 Å². The summed E-state index contributed by atoms with van der Waals surface area (Å²) >= 11 is 1.25. The van der Waals surface area contributed by atoms with Crippen molar-refractivity contribution in [3.05, 3.63) is 70.6 Å². The molecule has 36 heavy (non-hydrogen) atoms. The van der Waals surface area contributed by atoms with Crippen LogP contribution in [0, 0.1) is 20.8 Å². The van der Waals surface area contributed by atoms with E-state index < -0.39 is 0 Å². The van der Waals surface area contributed by atoms with E-state index in [1.165, 1.54) is 11.3 Å². The van der Waals surface area contributed by atoms with Crippen molar-refractivity contribution in [2.75, 3.05) is 46.6 Å². The molecule has 1 saturated heterocycles. The van der Waals surface area contributed by atoms with Crippen LogP contribution in [-0.4, -0.2) is 57.0 Å². The Morgan fingerprint density at radius 2 is 1.64 bits per heavy atom. The summed E-state index contributed by atoms with van der Waals surface area (Å²) in [5, 5.41) is 6.67. The molecule has 2 N–H and O–H groups in total. The van der Waals surface area contributed by atoms with Gasteiger partial charge in [0.1, 0.15) is 16.5 Å². The van der Waals surface area contributed by atoms with Crippen molar-refractivity contribution in [3.8, 4) is 0 Å². The van der Waals surface area contributed by atoms with Gasteiger partial charge in [0, 0.05) is 38.1 Å². The van der Waals surface area contributed by atoms with Gasteiger partial charge in [-0.3, -0.25) is 10.1 Å². The van der Waals surface area contributed by atoms with E-state index in [9.17, 15) is 4.79 Å². The summed E-state index contributed by atoms with van der Waals surface area (Å²) < 4.78 is 0. The molecule has 4 heterocycles. The molecular weight excluding hydrogens is 474 g/mol. The molecule has 1 aromatic carbocycles. The Labute approximate surface area is 213 Å². The van der Waals surface area contributed by atoms with E-state index in [4.69, 9.17) is 0 Å². The second-order valence-electron chi connectivity index (χ2n) is 8.54. The minimum Gasteiger partial charge on any atom is -0.353 e. The Kier molecular flexibility index (Phi) is 6.72. The normalized spacial score (nSPS) is 13.5. The quantitative estimate of drug-likeness (QED) is 0.405. The molecule has 0 spiro atoms. The standard InChI is InChI=1S/C25H27N9OS/c1-16-7-6-8-17(2)21(16)30-22(35)19-15-27-25(36-19)32-23-28-18(3)29-24(31-23)34-13-11-33(12-14-34)20-9-4-5-10-26-20/h4-10,15H,11-14H2,1-3H3,(H,30,35)(H,27,28,29,31,32). The first-order valence-electron chi connectivity index (χ1n) is 11.7. The zero-order valence-electron chi connectivity index (χ0n) is 20.4. The SMILES string of the molecule is Cc1nc(Nc2ncc(C(=O)Nc3c(C)cccc3C)s2)nc(N2CCN(c3ccccn3)CC2)n1. The van der Waals surface area contributed by atoms with E-state index in [2.05, 4.69) is 45.4 Å². The number of hydrogen-bond donors (Lipinski definition) is 2. The molecule has 4 aromatic rings. The van der Waals surface area contributed by atoms with Gasteiger partial charge in [0.15, 0.2) is 5.13 Å². The van der Waals surface area contributed by atoms with Crippen LogP contribution in [0.15, 0.2) is 48.8 Å². The average Bonchev–Trinajstić information content (AvgIpc) is 3.35. The number of carbonyl (C=O) groups is 1. The number of benzene rings is 1. The number of amides is 1. The molecule has 0 atom stereocenters. The van der Waals surface area contributed by atoms with Crippen molar-refractivity contribution >= 4 is 45.8 Å². The largest absolute Gasteiger partial charge is 0.353 e. The van der Waals surface area contributed by atoms with Gasteiger partial charge in [-0.2, -0.15) is 15.0 Å². The lowest BCUT2D eigenvalue weighted by Gasteiger charge is -2.35. The van der Waals surface area contributed by atoms with E-state index >= 15 is 0 Å². The molecule has 0 saturated carbocycles. The van der Waals surface area contributed by atoms with E-state index in [0.29, 0.717) is 27.7 Å². The van der Waals surface area contributed by atoms with Crippen LogP contribution in [0.5, 0.6) is 0 Å². The fourth-order valence-corrected chi connectivity index (χ4v) is 4.77. The molecule has 1 fully saturated rings. The number of hydrogen-bond acceptors (Lipinski definition) is 10. The van der Waals surface area contributed by atoms with Crippen molar-refractivity contribution in [2.24, 2.45) is 0 Å². The molecule has 0 aliphatic carbocycles. The number of carbonyl (C=O) groups excluding carboxylic acids is 1. The Morgan fingerprint density at radius 1 is 0.889 bits per heavy atom. The number of para-hydroxylation sites is 1. The van der Waals surface area contributed by atoms with Crippen LogP contribution in [0.1, 0.15) is 26.6 Å². The van der Waals surface area contributed by atoms with Crippen molar-refractivity contribution in [1.29, 1.82) is 0 Å². The van der Waals surface area contributed by atoms with Gasteiger partial charge in [0.2, 0.25) is 11.9 Å². The van der Waals surface area contributed by atoms with Crippen LogP contribution in [0.2, 0.25) is 0 Å². The third-order valence-corrected chi connectivity index (χ3v) is 6.85. The molecule has 0 unspecified atom stereocenters. The van der Waals surface area contributed by atoms with Crippen molar-refractivity contribution in [3.63, 3.8) is 0 Å². The number of piperazine rings is 1. The third kappa shape index (κ3) is 5.25. The molecule has 184 valence electrons. The molecule has 5 rings (SSSR count). The number of nitrogens with zero attached hydrogens (tertiary/aromatic N) is 7. The summed E-state index contributed by atoms with van der Waals surface area (Å²) in [4.78, 5) is 40.1. The first kappa shape index (κ1) is 23.6. The summed E-state index contributed by atoms with van der Waals surface area (Å²) in [6.45, 7) is 9.00. The fraction of sp³-hybridized carbons (Fsp3) is 0.280. The van der Waals surface area contributed by atoms with Gasteiger partial charge in [-0.25, -0.2) is 9.97 Å². The zero-order valence-corrected chi connectivity index (χ0v) is 21.2. The molecule has 0 bridgehead atoms. The van der Waals surface area contributed by atoms with Crippen LogP contribution in [0.4, 0.5) is 28.5 Å². The van der Waals surface area contributed by atoms with Crippen LogP contribution in [0.25, 0.3) is 0 Å². The number of aryl methyl sites for hydroxylation is 3. The topological polar surface area (TPSA) is 112 Å². The first-order valence-corrected chi connectivity index (χ1v) is 12.5. The highest BCUT2D eigenvalue weighted by atomic mass is 32.1. The molecule has 0 radical (unpaired) electrons. The van der Waals surface area contributed by atoms with Crippen molar-refractivity contribution in [1.82, 2.24) is 24.9 Å². The predicted octanol–water partition coefficient (Wildman–Crippen LogP) is 3.97.